The molecule has 1 N–H and O–H groups in total. The van der Waals surface area contributed by atoms with Crippen LogP contribution in [-0.2, 0) is 9.59 Å². The van der Waals surface area contributed by atoms with E-state index in [9.17, 15) is 9.59 Å². The number of rotatable bonds is 5. The second kappa shape index (κ2) is 8.12. The molecule has 2 aromatic rings. The molecule has 0 spiro atoms. The van der Waals surface area contributed by atoms with Crippen LogP contribution in [0.5, 0.6) is 17.2 Å². The van der Waals surface area contributed by atoms with E-state index in [-0.39, 0.29) is 5.92 Å². The van der Waals surface area contributed by atoms with E-state index in [4.69, 9.17) is 14.6 Å². The van der Waals surface area contributed by atoms with E-state index in [2.05, 4.69) is 13.8 Å². The highest BCUT2D eigenvalue weighted by Crippen LogP contribution is 2.36. The molecular weight excluding hydrogens is 346 g/mol. The number of carboxylic acids is 1. The maximum absolute atomic E-state index is 11.7. The van der Waals surface area contributed by atoms with Gasteiger partial charge in [0.1, 0.15) is 17.2 Å². The molecular formula is C21H25NO5. The molecule has 0 atom stereocenters. The molecule has 0 bridgehead atoms. The Kier molecular flexibility index (Phi) is 6.10. The molecule has 0 heterocycles. The van der Waals surface area contributed by atoms with Crippen molar-refractivity contribution in [1.82, 2.24) is 0 Å². The monoisotopic (exact) mass is 371 g/mol. The Morgan fingerprint density at radius 2 is 1.67 bits per heavy atom. The fraction of sp³-hybridized carbons (Fsp3) is 0.333. The molecule has 27 heavy (non-hydrogen) atoms. The van der Waals surface area contributed by atoms with Gasteiger partial charge in [-0.05, 0) is 61.2 Å². The fourth-order valence-electron chi connectivity index (χ4n) is 2.89. The Morgan fingerprint density at radius 1 is 1.07 bits per heavy atom. The molecule has 0 unspecified atom stereocenters. The standard InChI is InChI=1S/C21H25NO5/c1-12(2)17-11-16(7-8-18(17)26-6)27-19-13(3)9-15(10-14(19)4)22(5)20(23)21(24)25/h7-12H,1-6H3,(H,24,25). The average molecular weight is 371 g/mol. The Bertz CT molecular complexity index is 850. The smallest absolute Gasteiger partial charge is 0.394 e. The van der Waals surface area contributed by atoms with E-state index in [0.29, 0.717) is 17.2 Å². The summed E-state index contributed by atoms with van der Waals surface area (Å²) in [5, 5.41) is 8.89. The van der Waals surface area contributed by atoms with Crippen molar-refractivity contribution >= 4 is 17.6 Å². The number of hydrogen-bond acceptors (Lipinski definition) is 4. The normalized spacial score (nSPS) is 10.6. The van der Waals surface area contributed by atoms with Gasteiger partial charge in [0.2, 0.25) is 0 Å². The van der Waals surface area contributed by atoms with Crippen LogP contribution in [0.1, 0.15) is 36.5 Å². The van der Waals surface area contributed by atoms with Gasteiger partial charge in [-0.3, -0.25) is 4.79 Å². The molecule has 0 radical (unpaired) electrons. The number of anilines is 1. The molecule has 0 fully saturated rings. The predicted molar refractivity (Wildman–Crippen MR) is 104 cm³/mol. The van der Waals surface area contributed by atoms with E-state index >= 15 is 0 Å². The summed E-state index contributed by atoms with van der Waals surface area (Å²) in [6, 6.07) is 9.14. The summed E-state index contributed by atoms with van der Waals surface area (Å²) < 4.78 is 11.5. The van der Waals surface area contributed by atoms with E-state index in [1.165, 1.54) is 7.05 Å². The molecule has 2 rings (SSSR count). The minimum atomic E-state index is -1.49. The van der Waals surface area contributed by atoms with Crippen LogP contribution in [0.25, 0.3) is 0 Å². The minimum absolute atomic E-state index is 0.281. The Labute approximate surface area is 159 Å². The summed E-state index contributed by atoms with van der Waals surface area (Å²) in [7, 11) is 3.08. The first-order valence-corrected chi connectivity index (χ1v) is 8.63. The van der Waals surface area contributed by atoms with Crippen molar-refractivity contribution in [2.24, 2.45) is 0 Å². The molecule has 0 aliphatic rings. The number of aliphatic carboxylic acids is 1. The van der Waals surface area contributed by atoms with Crippen LogP contribution in [-0.4, -0.2) is 31.1 Å². The van der Waals surface area contributed by atoms with E-state index in [1.807, 2.05) is 32.0 Å². The number of benzene rings is 2. The van der Waals surface area contributed by atoms with E-state index < -0.39 is 11.9 Å². The van der Waals surface area contributed by atoms with Crippen molar-refractivity contribution in [2.75, 3.05) is 19.1 Å². The second-order valence-electron chi connectivity index (χ2n) is 6.74. The summed E-state index contributed by atoms with van der Waals surface area (Å²) >= 11 is 0. The SMILES string of the molecule is COc1ccc(Oc2c(C)cc(N(C)C(=O)C(=O)O)cc2C)cc1C(C)C. The average Bonchev–Trinajstić information content (AvgIpc) is 2.62. The van der Waals surface area contributed by atoms with Crippen LogP contribution in [0.3, 0.4) is 0 Å². The van der Waals surface area contributed by atoms with Gasteiger partial charge in [-0.15, -0.1) is 0 Å². The van der Waals surface area contributed by atoms with Gasteiger partial charge in [-0.2, -0.15) is 0 Å². The highest BCUT2D eigenvalue weighted by Gasteiger charge is 2.20. The maximum atomic E-state index is 11.7. The predicted octanol–water partition coefficient (Wildman–Crippen LogP) is 4.28. The van der Waals surface area contributed by atoms with Crippen molar-refractivity contribution < 1.29 is 24.2 Å². The number of carbonyl (C=O) groups is 2. The minimum Gasteiger partial charge on any atom is -0.496 e. The van der Waals surface area contributed by atoms with Crippen LogP contribution < -0.4 is 14.4 Å². The molecule has 0 saturated heterocycles. The Morgan fingerprint density at radius 3 is 2.15 bits per heavy atom. The first-order chi connectivity index (χ1) is 12.6. The van der Waals surface area contributed by atoms with Gasteiger partial charge >= 0.3 is 11.9 Å². The van der Waals surface area contributed by atoms with Gasteiger partial charge in [0.25, 0.3) is 0 Å². The fourth-order valence-corrected chi connectivity index (χ4v) is 2.89. The highest BCUT2D eigenvalue weighted by molar-refractivity contribution is 6.37. The number of aryl methyl sites for hydroxylation is 2. The first-order valence-electron chi connectivity index (χ1n) is 8.63. The van der Waals surface area contributed by atoms with Crippen molar-refractivity contribution in [3.8, 4) is 17.2 Å². The molecule has 2 aromatic carbocycles. The quantitative estimate of drug-likeness (QED) is 0.794. The summed E-state index contributed by atoms with van der Waals surface area (Å²) in [6.45, 7) is 7.89. The lowest BCUT2D eigenvalue weighted by Gasteiger charge is -2.20. The molecule has 6 nitrogen and oxygen atoms in total. The van der Waals surface area contributed by atoms with Gasteiger partial charge in [-0.25, -0.2) is 4.79 Å². The zero-order chi connectivity index (χ0) is 20.3. The Hall–Kier alpha value is -3.02. The third kappa shape index (κ3) is 4.39. The third-order valence-electron chi connectivity index (χ3n) is 4.36. The summed E-state index contributed by atoms with van der Waals surface area (Å²) in [5.74, 6) is -0.0197. The molecule has 0 aliphatic heterocycles. The number of methoxy groups -OCH3 is 1. The van der Waals surface area contributed by atoms with Crippen molar-refractivity contribution in [3.63, 3.8) is 0 Å². The highest BCUT2D eigenvalue weighted by atomic mass is 16.5. The van der Waals surface area contributed by atoms with Gasteiger partial charge in [0, 0.05) is 18.3 Å². The molecule has 1 amide bonds. The van der Waals surface area contributed by atoms with Gasteiger partial charge in [-0.1, -0.05) is 13.8 Å². The topological polar surface area (TPSA) is 76.1 Å². The molecule has 144 valence electrons. The lowest BCUT2D eigenvalue weighted by Crippen LogP contribution is -2.33. The number of carbonyl (C=O) groups excluding carboxylic acids is 1. The summed E-state index contributed by atoms with van der Waals surface area (Å²) in [6.07, 6.45) is 0. The largest absolute Gasteiger partial charge is 0.496 e. The third-order valence-corrected chi connectivity index (χ3v) is 4.36. The summed E-state index contributed by atoms with van der Waals surface area (Å²) in [5.41, 5.74) is 3.16. The summed E-state index contributed by atoms with van der Waals surface area (Å²) in [4.78, 5) is 23.7. The van der Waals surface area contributed by atoms with Gasteiger partial charge < -0.3 is 19.5 Å². The number of ether oxygens (including phenoxy) is 2. The van der Waals surface area contributed by atoms with Crippen molar-refractivity contribution in [1.29, 1.82) is 0 Å². The maximum Gasteiger partial charge on any atom is 0.394 e. The van der Waals surface area contributed by atoms with E-state index in [1.54, 1.807) is 19.2 Å². The van der Waals surface area contributed by atoms with Crippen molar-refractivity contribution in [2.45, 2.75) is 33.6 Å². The van der Waals surface area contributed by atoms with Gasteiger partial charge in [0.15, 0.2) is 0 Å². The van der Waals surface area contributed by atoms with Crippen LogP contribution in [0.2, 0.25) is 0 Å². The number of likely N-dealkylation sites (N-methyl/N-ethyl adjacent to an activating group) is 1. The lowest BCUT2D eigenvalue weighted by atomic mass is 10.0. The number of hydrogen-bond donors (Lipinski definition) is 1. The first kappa shape index (κ1) is 20.3. The zero-order valence-corrected chi connectivity index (χ0v) is 16.5. The van der Waals surface area contributed by atoms with Crippen LogP contribution in [0.4, 0.5) is 5.69 Å². The zero-order valence-electron chi connectivity index (χ0n) is 16.5. The number of carboxylic acid groups (broad SMARTS) is 1. The Balaban J connectivity index is 2.37. The number of amides is 1. The van der Waals surface area contributed by atoms with Crippen LogP contribution in [0, 0.1) is 13.8 Å². The second-order valence-corrected chi connectivity index (χ2v) is 6.74. The van der Waals surface area contributed by atoms with Crippen LogP contribution >= 0.6 is 0 Å². The number of nitrogens with zero attached hydrogens (tertiary/aromatic N) is 1. The molecule has 0 aliphatic carbocycles. The van der Waals surface area contributed by atoms with Crippen LogP contribution in [0.15, 0.2) is 30.3 Å². The van der Waals surface area contributed by atoms with Gasteiger partial charge in [0.05, 0.1) is 7.11 Å². The lowest BCUT2D eigenvalue weighted by molar-refractivity contribution is -0.148. The molecule has 6 heteroatoms. The van der Waals surface area contributed by atoms with Crippen molar-refractivity contribution in [3.05, 3.63) is 47.0 Å². The molecule has 0 saturated carbocycles. The van der Waals surface area contributed by atoms with E-state index in [0.717, 1.165) is 27.3 Å². The molecule has 0 aromatic heterocycles.